The summed E-state index contributed by atoms with van der Waals surface area (Å²) in [6.07, 6.45) is 7.70. The van der Waals surface area contributed by atoms with Gasteiger partial charge in [-0.25, -0.2) is 9.90 Å². The Bertz CT molecular complexity index is 284. The minimum absolute atomic E-state index is 0.154. The van der Waals surface area contributed by atoms with Crippen molar-refractivity contribution in [1.29, 1.82) is 0 Å². The normalized spacial score (nSPS) is 27.0. The van der Waals surface area contributed by atoms with Gasteiger partial charge in [-0.15, -0.1) is 0 Å². The molecule has 1 unspecified atom stereocenters. The summed E-state index contributed by atoms with van der Waals surface area (Å²) in [7, 11) is 0. The van der Waals surface area contributed by atoms with Gasteiger partial charge in [0.05, 0.1) is 0 Å². The Kier molecular flexibility index (Phi) is 3.46. The van der Waals surface area contributed by atoms with Gasteiger partial charge in [-0.05, 0) is 38.0 Å². The fourth-order valence-corrected chi connectivity index (χ4v) is 3.16. The van der Waals surface area contributed by atoms with Crippen molar-refractivity contribution in [2.45, 2.75) is 51.0 Å². The molecule has 1 atom stereocenters. The van der Waals surface area contributed by atoms with Crippen LogP contribution in [0.15, 0.2) is 0 Å². The molecule has 0 aromatic rings. The molecule has 1 radical (unpaired) electrons. The summed E-state index contributed by atoms with van der Waals surface area (Å²) in [5, 5.41) is 10.7. The van der Waals surface area contributed by atoms with E-state index in [2.05, 4.69) is 0 Å². The topological polar surface area (TPSA) is 57.3 Å². The quantitative estimate of drug-likeness (QED) is 0.634. The number of carbonyl (C=O) groups is 2. The number of rotatable bonds is 1. The van der Waals surface area contributed by atoms with Crippen molar-refractivity contribution in [3.8, 4) is 0 Å². The molecule has 4 nitrogen and oxygen atoms in total. The Morgan fingerprint density at radius 3 is 2.19 bits per heavy atom. The van der Waals surface area contributed by atoms with Crippen LogP contribution < -0.4 is 0 Å². The van der Waals surface area contributed by atoms with Crippen LogP contribution in [0.1, 0.15) is 44.9 Å². The highest BCUT2D eigenvalue weighted by atomic mass is 16.4. The second-order valence-electron chi connectivity index (χ2n) is 4.89. The smallest absolute Gasteiger partial charge is 0.330 e. The van der Waals surface area contributed by atoms with Gasteiger partial charge >= 0.3 is 11.9 Å². The largest absolute Gasteiger partial charge is 0.443 e. The fraction of sp³-hybridized carbons (Fsp3) is 0.833. The maximum absolute atomic E-state index is 11.5. The van der Waals surface area contributed by atoms with E-state index in [9.17, 15) is 14.7 Å². The first kappa shape index (κ1) is 11.4. The number of amides is 1. The average molecular weight is 224 g/mol. The summed E-state index contributed by atoms with van der Waals surface area (Å²) in [5.41, 5.74) is 0. The maximum atomic E-state index is 11.5. The molecule has 1 saturated heterocycles. The van der Waals surface area contributed by atoms with E-state index in [1.54, 1.807) is 4.90 Å². The molecule has 2 fully saturated rings. The molecular weight excluding hydrogens is 206 g/mol. The molecular formula is C12H18NO3. The van der Waals surface area contributed by atoms with Gasteiger partial charge in [-0.3, -0.25) is 4.79 Å². The van der Waals surface area contributed by atoms with Crippen LogP contribution in [0.3, 0.4) is 0 Å². The minimum Gasteiger partial charge on any atom is -0.330 e. The molecule has 1 heterocycles. The van der Waals surface area contributed by atoms with Crippen LogP contribution in [0, 0.1) is 5.92 Å². The number of nitrogens with zero attached hydrogens (tertiary/aromatic N) is 1. The Hall–Kier alpha value is -1.06. The van der Waals surface area contributed by atoms with Gasteiger partial charge < -0.3 is 4.90 Å². The summed E-state index contributed by atoms with van der Waals surface area (Å²) in [4.78, 5) is 23.7. The molecule has 0 N–H and O–H groups in total. The second-order valence-corrected chi connectivity index (χ2v) is 4.89. The third-order valence-corrected chi connectivity index (χ3v) is 3.93. The Morgan fingerprint density at radius 1 is 0.938 bits per heavy atom. The van der Waals surface area contributed by atoms with E-state index >= 15 is 0 Å². The van der Waals surface area contributed by atoms with Gasteiger partial charge in [0.1, 0.15) is 0 Å². The van der Waals surface area contributed by atoms with Crippen molar-refractivity contribution in [3.63, 3.8) is 0 Å². The van der Waals surface area contributed by atoms with Gasteiger partial charge in [-0.2, -0.15) is 0 Å². The standard InChI is InChI=1S/C12H18NO3/c14-11(12(15)16)13-8-4-3-7-10(13)9-5-1-2-6-9/h9-10H,1-8H2. The second kappa shape index (κ2) is 4.85. The zero-order valence-electron chi connectivity index (χ0n) is 9.48. The Labute approximate surface area is 95.6 Å². The number of hydrogen-bond acceptors (Lipinski definition) is 2. The lowest BCUT2D eigenvalue weighted by molar-refractivity contribution is -0.162. The zero-order valence-corrected chi connectivity index (χ0v) is 9.48. The van der Waals surface area contributed by atoms with Crippen molar-refractivity contribution in [2.24, 2.45) is 5.92 Å². The predicted octanol–water partition coefficient (Wildman–Crippen LogP) is 1.51. The summed E-state index contributed by atoms with van der Waals surface area (Å²) >= 11 is 0. The van der Waals surface area contributed by atoms with Gasteiger partial charge in [0.25, 0.3) is 0 Å². The molecule has 1 saturated carbocycles. The van der Waals surface area contributed by atoms with E-state index in [-0.39, 0.29) is 6.04 Å². The first-order valence-electron chi connectivity index (χ1n) is 6.22. The van der Waals surface area contributed by atoms with Crippen LogP contribution in [0.5, 0.6) is 0 Å². The zero-order chi connectivity index (χ0) is 11.5. The van der Waals surface area contributed by atoms with Crippen molar-refractivity contribution in [1.82, 2.24) is 4.90 Å². The minimum atomic E-state index is -1.55. The van der Waals surface area contributed by atoms with Crippen molar-refractivity contribution < 1.29 is 14.7 Å². The summed E-state index contributed by atoms with van der Waals surface area (Å²) < 4.78 is 0. The lowest BCUT2D eigenvalue weighted by atomic mass is 9.89. The molecule has 16 heavy (non-hydrogen) atoms. The Balaban J connectivity index is 2.07. The highest BCUT2D eigenvalue weighted by molar-refractivity contribution is 6.31. The van der Waals surface area contributed by atoms with E-state index in [4.69, 9.17) is 0 Å². The van der Waals surface area contributed by atoms with E-state index < -0.39 is 11.9 Å². The monoisotopic (exact) mass is 224 g/mol. The highest BCUT2D eigenvalue weighted by Crippen LogP contribution is 2.34. The molecule has 0 aromatic carbocycles. The molecule has 4 heteroatoms. The summed E-state index contributed by atoms with van der Waals surface area (Å²) in [6.45, 7) is 0.591. The number of likely N-dealkylation sites (tertiary alicyclic amines) is 1. The SMILES string of the molecule is [O]C(=O)C(=O)N1CCCCC1C1CCCC1. The third-order valence-electron chi connectivity index (χ3n) is 3.93. The van der Waals surface area contributed by atoms with E-state index in [1.807, 2.05) is 0 Å². The van der Waals surface area contributed by atoms with Crippen LogP contribution in [0.2, 0.25) is 0 Å². The molecule has 2 aliphatic rings. The molecule has 0 bridgehead atoms. The highest BCUT2D eigenvalue weighted by Gasteiger charge is 2.36. The maximum Gasteiger partial charge on any atom is 0.443 e. The first-order chi connectivity index (χ1) is 7.70. The van der Waals surface area contributed by atoms with Gasteiger partial charge in [0, 0.05) is 12.6 Å². The molecule has 1 aliphatic carbocycles. The van der Waals surface area contributed by atoms with Crippen LogP contribution in [-0.4, -0.2) is 29.4 Å². The molecule has 2 rings (SSSR count). The number of carbonyl (C=O) groups excluding carboxylic acids is 2. The lowest BCUT2D eigenvalue weighted by Crippen LogP contribution is -2.49. The van der Waals surface area contributed by atoms with Crippen molar-refractivity contribution >= 4 is 11.9 Å². The number of piperidine rings is 1. The van der Waals surface area contributed by atoms with E-state index in [1.165, 1.54) is 12.8 Å². The van der Waals surface area contributed by atoms with Gasteiger partial charge in [-0.1, -0.05) is 12.8 Å². The van der Waals surface area contributed by atoms with Gasteiger partial charge in [0.15, 0.2) is 0 Å². The van der Waals surface area contributed by atoms with Crippen LogP contribution in [-0.2, 0) is 14.7 Å². The summed E-state index contributed by atoms with van der Waals surface area (Å²) in [6, 6.07) is 0.154. The first-order valence-corrected chi connectivity index (χ1v) is 6.22. The molecule has 1 amide bonds. The van der Waals surface area contributed by atoms with E-state index in [0.717, 1.165) is 32.1 Å². The predicted molar refractivity (Wildman–Crippen MR) is 57.0 cm³/mol. The lowest BCUT2D eigenvalue weighted by Gasteiger charge is -2.38. The average Bonchev–Trinajstić information content (AvgIpc) is 2.81. The third kappa shape index (κ3) is 2.20. The molecule has 89 valence electrons. The van der Waals surface area contributed by atoms with Crippen molar-refractivity contribution in [2.75, 3.05) is 6.54 Å². The van der Waals surface area contributed by atoms with Crippen LogP contribution in [0.25, 0.3) is 0 Å². The Morgan fingerprint density at radius 2 is 1.56 bits per heavy atom. The van der Waals surface area contributed by atoms with E-state index in [0.29, 0.717) is 12.5 Å². The molecule has 1 aliphatic heterocycles. The number of hydrogen-bond donors (Lipinski definition) is 0. The van der Waals surface area contributed by atoms with Crippen LogP contribution >= 0.6 is 0 Å². The molecule has 0 spiro atoms. The fourth-order valence-electron chi connectivity index (χ4n) is 3.16. The summed E-state index contributed by atoms with van der Waals surface area (Å²) in [5.74, 6) is -1.84. The van der Waals surface area contributed by atoms with Gasteiger partial charge in [0.2, 0.25) is 0 Å². The van der Waals surface area contributed by atoms with Crippen LogP contribution in [0.4, 0.5) is 0 Å². The molecule has 0 aromatic heterocycles. The van der Waals surface area contributed by atoms with Crippen molar-refractivity contribution in [3.05, 3.63) is 0 Å².